The fourth-order valence-corrected chi connectivity index (χ4v) is 4.62. The molecule has 1 aliphatic heterocycles. The molecule has 1 heterocycles. The van der Waals surface area contributed by atoms with Gasteiger partial charge in [-0.2, -0.15) is 0 Å². The van der Waals surface area contributed by atoms with Crippen LogP contribution in [0, 0.1) is 6.92 Å². The standard InChI is InChI=1S/C20H32BrN3O/c1-3-25-17-6-4-16(5-7-17)24-10-8-15(9-11-24)23-20-12-14(2)18(21)13-19(20)22/h12-13,15-17,23H,3-11,22H2,1-2H3. The Bertz CT molecular complexity index is 564. The van der Waals surface area contributed by atoms with Gasteiger partial charge in [0, 0.05) is 36.3 Å². The number of aryl methyl sites for hydroxylation is 1. The van der Waals surface area contributed by atoms with E-state index in [1.165, 1.54) is 57.2 Å². The molecule has 1 aromatic rings. The predicted molar refractivity (Wildman–Crippen MR) is 109 cm³/mol. The highest BCUT2D eigenvalue weighted by Gasteiger charge is 2.29. The van der Waals surface area contributed by atoms with Gasteiger partial charge in [0.2, 0.25) is 0 Å². The Morgan fingerprint density at radius 3 is 2.48 bits per heavy atom. The van der Waals surface area contributed by atoms with Crippen LogP contribution >= 0.6 is 15.9 Å². The number of hydrogen-bond donors (Lipinski definition) is 2. The smallest absolute Gasteiger partial charge is 0.0579 e. The average molecular weight is 410 g/mol. The first-order chi connectivity index (χ1) is 12.1. The highest BCUT2D eigenvalue weighted by Crippen LogP contribution is 2.30. The number of rotatable bonds is 5. The van der Waals surface area contributed by atoms with Crippen molar-refractivity contribution in [1.29, 1.82) is 0 Å². The predicted octanol–water partition coefficient (Wildman–Crippen LogP) is 4.56. The Kier molecular flexibility index (Phi) is 6.64. The van der Waals surface area contributed by atoms with E-state index in [1.54, 1.807) is 0 Å². The molecule has 0 unspecified atom stereocenters. The van der Waals surface area contributed by atoms with E-state index in [2.05, 4.69) is 46.1 Å². The molecule has 3 rings (SSSR count). The van der Waals surface area contributed by atoms with E-state index in [0.717, 1.165) is 28.5 Å². The van der Waals surface area contributed by atoms with Gasteiger partial charge in [-0.25, -0.2) is 0 Å². The third kappa shape index (κ3) is 4.89. The van der Waals surface area contributed by atoms with Gasteiger partial charge in [0.25, 0.3) is 0 Å². The lowest BCUT2D eigenvalue weighted by Gasteiger charge is -2.41. The molecule has 0 aromatic heterocycles. The minimum Gasteiger partial charge on any atom is -0.397 e. The number of anilines is 2. The van der Waals surface area contributed by atoms with Gasteiger partial charge in [-0.05, 0) is 70.1 Å². The molecular weight excluding hydrogens is 378 g/mol. The summed E-state index contributed by atoms with van der Waals surface area (Å²) in [6.07, 6.45) is 7.93. The summed E-state index contributed by atoms with van der Waals surface area (Å²) in [6, 6.07) is 5.45. The summed E-state index contributed by atoms with van der Waals surface area (Å²) in [5, 5.41) is 3.67. The number of nitrogens with one attached hydrogen (secondary N) is 1. The minimum atomic E-state index is 0.504. The molecular formula is C20H32BrN3O. The highest BCUT2D eigenvalue weighted by atomic mass is 79.9. The quantitative estimate of drug-likeness (QED) is 0.699. The third-order valence-corrected chi connectivity index (χ3v) is 6.64. The summed E-state index contributed by atoms with van der Waals surface area (Å²) in [5.74, 6) is 0. The molecule has 0 bridgehead atoms. The number of nitrogen functional groups attached to an aromatic ring is 1. The van der Waals surface area contributed by atoms with E-state index in [4.69, 9.17) is 10.5 Å². The van der Waals surface area contributed by atoms with Crippen molar-refractivity contribution in [1.82, 2.24) is 4.90 Å². The second-order valence-electron chi connectivity index (χ2n) is 7.53. The van der Waals surface area contributed by atoms with Gasteiger partial charge in [-0.1, -0.05) is 15.9 Å². The van der Waals surface area contributed by atoms with Crippen LogP contribution in [0.25, 0.3) is 0 Å². The van der Waals surface area contributed by atoms with Crippen molar-refractivity contribution in [3.63, 3.8) is 0 Å². The van der Waals surface area contributed by atoms with Crippen LogP contribution in [0.3, 0.4) is 0 Å². The Labute approximate surface area is 160 Å². The van der Waals surface area contributed by atoms with Crippen LogP contribution in [0.15, 0.2) is 16.6 Å². The number of nitrogens with zero attached hydrogens (tertiary/aromatic N) is 1. The number of piperidine rings is 1. The minimum absolute atomic E-state index is 0.504. The molecule has 0 spiro atoms. The lowest BCUT2D eigenvalue weighted by molar-refractivity contribution is 0.00994. The maximum Gasteiger partial charge on any atom is 0.0579 e. The van der Waals surface area contributed by atoms with Crippen molar-refractivity contribution >= 4 is 27.3 Å². The fourth-order valence-electron chi connectivity index (χ4n) is 4.26. The number of benzene rings is 1. The molecule has 4 nitrogen and oxygen atoms in total. The summed E-state index contributed by atoms with van der Waals surface area (Å²) < 4.78 is 6.86. The Hall–Kier alpha value is -0.780. The zero-order valence-electron chi connectivity index (χ0n) is 15.6. The number of ether oxygens (including phenoxy) is 1. The van der Waals surface area contributed by atoms with Crippen molar-refractivity contribution in [3.8, 4) is 0 Å². The van der Waals surface area contributed by atoms with Crippen LogP contribution in [0.2, 0.25) is 0 Å². The van der Waals surface area contributed by atoms with Gasteiger partial charge in [-0.15, -0.1) is 0 Å². The molecule has 0 radical (unpaired) electrons. The topological polar surface area (TPSA) is 50.5 Å². The maximum absolute atomic E-state index is 6.17. The van der Waals surface area contributed by atoms with E-state index in [1.807, 2.05) is 6.07 Å². The van der Waals surface area contributed by atoms with Gasteiger partial charge in [0.15, 0.2) is 0 Å². The first kappa shape index (κ1) is 19.0. The summed E-state index contributed by atoms with van der Waals surface area (Å²) in [4.78, 5) is 2.70. The van der Waals surface area contributed by atoms with Gasteiger partial charge < -0.3 is 20.7 Å². The molecule has 140 valence electrons. The molecule has 5 heteroatoms. The van der Waals surface area contributed by atoms with Crippen LogP contribution in [0.4, 0.5) is 11.4 Å². The second kappa shape index (κ2) is 8.74. The van der Waals surface area contributed by atoms with Crippen molar-refractivity contribution < 1.29 is 4.74 Å². The van der Waals surface area contributed by atoms with E-state index in [-0.39, 0.29) is 0 Å². The van der Waals surface area contributed by atoms with E-state index >= 15 is 0 Å². The van der Waals surface area contributed by atoms with Gasteiger partial charge in [-0.3, -0.25) is 0 Å². The largest absolute Gasteiger partial charge is 0.397 e. The highest BCUT2D eigenvalue weighted by molar-refractivity contribution is 9.10. The Morgan fingerprint density at radius 2 is 1.84 bits per heavy atom. The van der Waals surface area contributed by atoms with Crippen LogP contribution in [0.1, 0.15) is 51.0 Å². The molecule has 2 fully saturated rings. The second-order valence-corrected chi connectivity index (χ2v) is 8.38. The normalized spacial score (nSPS) is 25.9. The molecule has 1 aliphatic carbocycles. The molecule has 1 aromatic carbocycles. The molecule has 3 N–H and O–H groups in total. The van der Waals surface area contributed by atoms with Gasteiger partial charge in [0.05, 0.1) is 17.5 Å². The molecule has 1 saturated heterocycles. The summed E-state index contributed by atoms with van der Waals surface area (Å²) in [7, 11) is 0. The van der Waals surface area contributed by atoms with Gasteiger partial charge in [0.1, 0.15) is 0 Å². The third-order valence-electron chi connectivity index (χ3n) is 5.78. The van der Waals surface area contributed by atoms with E-state index < -0.39 is 0 Å². The van der Waals surface area contributed by atoms with Crippen molar-refractivity contribution in [2.45, 2.75) is 70.6 Å². The number of nitrogens with two attached hydrogens (primary N) is 1. The lowest BCUT2D eigenvalue weighted by atomic mass is 9.90. The zero-order valence-corrected chi connectivity index (χ0v) is 17.1. The van der Waals surface area contributed by atoms with E-state index in [0.29, 0.717) is 12.1 Å². The number of hydrogen-bond acceptors (Lipinski definition) is 4. The Morgan fingerprint density at radius 1 is 1.16 bits per heavy atom. The number of halogens is 1. The first-order valence-electron chi connectivity index (χ1n) is 9.74. The molecule has 0 amide bonds. The first-order valence-corrected chi connectivity index (χ1v) is 10.5. The SMILES string of the molecule is CCOC1CCC(N2CCC(Nc3cc(C)c(Br)cc3N)CC2)CC1. The molecule has 25 heavy (non-hydrogen) atoms. The molecule has 1 saturated carbocycles. The van der Waals surface area contributed by atoms with Crippen LogP contribution in [0.5, 0.6) is 0 Å². The Balaban J connectivity index is 1.47. The summed E-state index contributed by atoms with van der Waals surface area (Å²) in [5.41, 5.74) is 9.30. The average Bonchev–Trinajstić information content (AvgIpc) is 2.61. The molecule has 0 atom stereocenters. The number of likely N-dealkylation sites (tertiary alicyclic amines) is 1. The lowest BCUT2D eigenvalue weighted by Crippen LogP contribution is -2.46. The van der Waals surface area contributed by atoms with Crippen molar-refractivity contribution in [2.75, 3.05) is 30.7 Å². The zero-order chi connectivity index (χ0) is 17.8. The van der Waals surface area contributed by atoms with Crippen LogP contribution < -0.4 is 11.1 Å². The monoisotopic (exact) mass is 409 g/mol. The molecule has 2 aliphatic rings. The fraction of sp³-hybridized carbons (Fsp3) is 0.700. The van der Waals surface area contributed by atoms with E-state index in [9.17, 15) is 0 Å². The van der Waals surface area contributed by atoms with Crippen LogP contribution in [-0.4, -0.2) is 42.8 Å². The van der Waals surface area contributed by atoms with Gasteiger partial charge >= 0.3 is 0 Å². The van der Waals surface area contributed by atoms with Crippen molar-refractivity contribution in [3.05, 3.63) is 22.2 Å². The van der Waals surface area contributed by atoms with Crippen LogP contribution in [-0.2, 0) is 4.74 Å². The maximum atomic E-state index is 6.17. The summed E-state index contributed by atoms with van der Waals surface area (Å²) in [6.45, 7) is 7.44. The van der Waals surface area contributed by atoms with Crippen molar-refractivity contribution in [2.24, 2.45) is 0 Å². The summed E-state index contributed by atoms with van der Waals surface area (Å²) >= 11 is 3.55.